The van der Waals surface area contributed by atoms with Gasteiger partial charge in [0.1, 0.15) is 11.9 Å². The molecule has 2 unspecified atom stereocenters. The molecule has 0 amide bonds. The fourth-order valence-corrected chi connectivity index (χ4v) is 2.30. The summed E-state index contributed by atoms with van der Waals surface area (Å²) in [5.41, 5.74) is 6.80. The molecule has 88 valence electrons. The second-order valence-corrected chi connectivity index (χ2v) is 4.57. The van der Waals surface area contributed by atoms with Crippen LogP contribution in [0.2, 0.25) is 0 Å². The van der Waals surface area contributed by atoms with Crippen molar-refractivity contribution in [3.8, 4) is 5.75 Å². The van der Waals surface area contributed by atoms with Crippen molar-refractivity contribution in [1.29, 1.82) is 0 Å². The Labute approximate surface area is 97.0 Å². The molecule has 16 heavy (non-hydrogen) atoms. The Morgan fingerprint density at radius 3 is 2.88 bits per heavy atom. The van der Waals surface area contributed by atoms with Crippen molar-refractivity contribution >= 4 is 0 Å². The number of nitrogens with zero attached hydrogens (tertiary/aromatic N) is 1. The van der Waals surface area contributed by atoms with Gasteiger partial charge in [-0.05, 0) is 44.9 Å². The standard InChI is InChI=1S/C13H20N2O/c1-10-6-7-12(9-15-10)16-13-5-3-2-4-11(13)8-14/h6-7,9,11,13H,2-5,8,14H2,1H3. The summed E-state index contributed by atoms with van der Waals surface area (Å²) in [6.07, 6.45) is 6.94. The van der Waals surface area contributed by atoms with Gasteiger partial charge in [-0.2, -0.15) is 0 Å². The average Bonchev–Trinajstić information content (AvgIpc) is 2.33. The van der Waals surface area contributed by atoms with Gasteiger partial charge >= 0.3 is 0 Å². The van der Waals surface area contributed by atoms with E-state index < -0.39 is 0 Å². The lowest BCUT2D eigenvalue weighted by Gasteiger charge is -2.30. The molecule has 1 aliphatic carbocycles. The van der Waals surface area contributed by atoms with E-state index in [1.165, 1.54) is 19.3 Å². The maximum Gasteiger partial charge on any atom is 0.138 e. The van der Waals surface area contributed by atoms with Crippen molar-refractivity contribution in [2.45, 2.75) is 38.7 Å². The lowest BCUT2D eigenvalue weighted by molar-refractivity contribution is 0.0966. The summed E-state index contributed by atoms with van der Waals surface area (Å²) in [6.45, 7) is 2.71. The zero-order valence-corrected chi connectivity index (χ0v) is 9.86. The molecule has 0 bridgehead atoms. The first kappa shape index (κ1) is 11.4. The van der Waals surface area contributed by atoms with Crippen LogP contribution in [0.3, 0.4) is 0 Å². The number of nitrogens with two attached hydrogens (primary N) is 1. The topological polar surface area (TPSA) is 48.1 Å². The Morgan fingerprint density at radius 1 is 1.38 bits per heavy atom. The second-order valence-electron chi connectivity index (χ2n) is 4.57. The Morgan fingerprint density at radius 2 is 2.19 bits per heavy atom. The highest BCUT2D eigenvalue weighted by Crippen LogP contribution is 2.27. The number of hydrogen-bond donors (Lipinski definition) is 1. The van der Waals surface area contributed by atoms with Crippen LogP contribution < -0.4 is 10.5 Å². The number of aryl methyl sites for hydroxylation is 1. The van der Waals surface area contributed by atoms with Gasteiger partial charge in [-0.1, -0.05) is 6.42 Å². The minimum Gasteiger partial charge on any atom is -0.488 e. The molecule has 0 aromatic carbocycles. The first-order valence-electron chi connectivity index (χ1n) is 6.09. The zero-order valence-electron chi connectivity index (χ0n) is 9.86. The second kappa shape index (κ2) is 5.30. The first-order chi connectivity index (χ1) is 7.79. The zero-order chi connectivity index (χ0) is 11.4. The van der Waals surface area contributed by atoms with E-state index in [1.807, 2.05) is 19.1 Å². The minimum absolute atomic E-state index is 0.281. The summed E-state index contributed by atoms with van der Waals surface area (Å²) in [7, 11) is 0. The number of rotatable bonds is 3. The van der Waals surface area contributed by atoms with E-state index in [9.17, 15) is 0 Å². The number of aromatic nitrogens is 1. The molecule has 1 heterocycles. The predicted octanol–water partition coefficient (Wildman–Crippen LogP) is 2.29. The molecule has 3 heteroatoms. The van der Waals surface area contributed by atoms with Crippen LogP contribution in [0.5, 0.6) is 5.75 Å². The quantitative estimate of drug-likeness (QED) is 0.850. The highest BCUT2D eigenvalue weighted by molar-refractivity contribution is 5.19. The predicted molar refractivity (Wildman–Crippen MR) is 64.4 cm³/mol. The molecule has 1 aliphatic rings. The van der Waals surface area contributed by atoms with Gasteiger partial charge in [0.2, 0.25) is 0 Å². The number of pyridine rings is 1. The molecule has 2 N–H and O–H groups in total. The highest BCUT2D eigenvalue weighted by atomic mass is 16.5. The van der Waals surface area contributed by atoms with Gasteiger partial charge in [0.15, 0.2) is 0 Å². The van der Waals surface area contributed by atoms with Crippen molar-refractivity contribution in [3.63, 3.8) is 0 Å². The third-order valence-electron chi connectivity index (χ3n) is 3.31. The minimum atomic E-state index is 0.281. The molecule has 0 radical (unpaired) electrons. The maximum absolute atomic E-state index is 5.97. The van der Waals surface area contributed by atoms with Gasteiger partial charge in [0.05, 0.1) is 6.20 Å². The number of hydrogen-bond acceptors (Lipinski definition) is 3. The van der Waals surface area contributed by atoms with Crippen LogP contribution in [-0.2, 0) is 0 Å². The van der Waals surface area contributed by atoms with Gasteiger partial charge < -0.3 is 10.5 Å². The first-order valence-corrected chi connectivity index (χ1v) is 6.09. The summed E-state index contributed by atoms with van der Waals surface area (Å²) < 4.78 is 5.97. The number of ether oxygens (including phenoxy) is 1. The normalized spacial score (nSPS) is 25.4. The lowest BCUT2D eigenvalue weighted by Crippen LogP contribution is -2.35. The Kier molecular flexibility index (Phi) is 3.78. The molecule has 2 atom stereocenters. The van der Waals surface area contributed by atoms with Crippen LogP contribution in [0.4, 0.5) is 0 Å². The molecule has 2 rings (SSSR count). The molecular weight excluding hydrogens is 200 g/mol. The van der Waals surface area contributed by atoms with E-state index in [4.69, 9.17) is 10.5 Å². The molecule has 1 aromatic heterocycles. The monoisotopic (exact) mass is 220 g/mol. The molecule has 1 fully saturated rings. The smallest absolute Gasteiger partial charge is 0.138 e. The van der Waals surface area contributed by atoms with Crippen LogP contribution in [-0.4, -0.2) is 17.6 Å². The summed E-state index contributed by atoms with van der Waals surface area (Å²) in [6, 6.07) is 3.97. The third kappa shape index (κ3) is 2.73. The van der Waals surface area contributed by atoms with Gasteiger partial charge in [-0.25, -0.2) is 0 Å². The van der Waals surface area contributed by atoms with E-state index in [0.717, 1.165) is 24.4 Å². The Balaban J connectivity index is 1.99. The van der Waals surface area contributed by atoms with Gasteiger partial charge in [0, 0.05) is 11.6 Å². The summed E-state index contributed by atoms with van der Waals surface area (Å²) in [4.78, 5) is 4.24. The fourth-order valence-electron chi connectivity index (χ4n) is 2.30. The van der Waals surface area contributed by atoms with Gasteiger partial charge in [0.25, 0.3) is 0 Å². The van der Waals surface area contributed by atoms with Crippen LogP contribution in [0.25, 0.3) is 0 Å². The average molecular weight is 220 g/mol. The molecule has 0 aliphatic heterocycles. The van der Waals surface area contributed by atoms with Crippen LogP contribution >= 0.6 is 0 Å². The summed E-state index contributed by atoms with van der Waals surface area (Å²) >= 11 is 0. The van der Waals surface area contributed by atoms with Crippen LogP contribution in [0.1, 0.15) is 31.4 Å². The molecule has 0 saturated heterocycles. The van der Waals surface area contributed by atoms with Crippen molar-refractivity contribution in [2.75, 3.05) is 6.54 Å². The van der Waals surface area contributed by atoms with Crippen molar-refractivity contribution in [1.82, 2.24) is 4.98 Å². The molecular formula is C13H20N2O. The fraction of sp³-hybridized carbons (Fsp3) is 0.615. The lowest BCUT2D eigenvalue weighted by atomic mass is 9.86. The van der Waals surface area contributed by atoms with Gasteiger partial charge in [-0.3, -0.25) is 4.98 Å². The maximum atomic E-state index is 5.97. The van der Waals surface area contributed by atoms with E-state index in [2.05, 4.69) is 4.98 Å². The SMILES string of the molecule is Cc1ccc(OC2CCCCC2CN)cn1. The van der Waals surface area contributed by atoms with Crippen molar-refractivity contribution < 1.29 is 4.74 Å². The van der Waals surface area contributed by atoms with E-state index >= 15 is 0 Å². The molecule has 1 aromatic rings. The summed E-state index contributed by atoms with van der Waals surface area (Å²) in [5, 5.41) is 0. The Hall–Kier alpha value is -1.09. The molecule has 3 nitrogen and oxygen atoms in total. The van der Waals surface area contributed by atoms with Crippen LogP contribution in [0, 0.1) is 12.8 Å². The van der Waals surface area contributed by atoms with Crippen molar-refractivity contribution in [2.24, 2.45) is 11.7 Å². The van der Waals surface area contributed by atoms with E-state index in [1.54, 1.807) is 6.20 Å². The highest BCUT2D eigenvalue weighted by Gasteiger charge is 2.25. The molecule has 1 saturated carbocycles. The summed E-state index contributed by atoms with van der Waals surface area (Å²) in [5.74, 6) is 1.38. The van der Waals surface area contributed by atoms with Gasteiger partial charge in [-0.15, -0.1) is 0 Å². The third-order valence-corrected chi connectivity index (χ3v) is 3.31. The molecule has 0 spiro atoms. The Bertz CT molecular complexity index is 323. The largest absolute Gasteiger partial charge is 0.488 e. The van der Waals surface area contributed by atoms with E-state index in [0.29, 0.717) is 5.92 Å². The van der Waals surface area contributed by atoms with Crippen molar-refractivity contribution in [3.05, 3.63) is 24.0 Å². The van der Waals surface area contributed by atoms with E-state index in [-0.39, 0.29) is 6.10 Å². The van der Waals surface area contributed by atoms with Crippen LogP contribution in [0.15, 0.2) is 18.3 Å².